The van der Waals surface area contributed by atoms with Crippen molar-refractivity contribution in [1.29, 1.82) is 0 Å². The van der Waals surface area contributed by atoms with Crippen LogP contribution in [0.25, 0.3) is 0 Å². The van der Waals surface area contributed by atoms with Gasteiger partial charge in [-0.1, -0.05) is 7.60 Å². The van der Waals surface area contributed by atoms with Crippen molar-refractivity contribution in [2.24, 2.45) is 0 Å². The fourth-order valence-corrected chi connectivity index (χ4v) is 2.00. The van der Waals surface area contributed by atoms with E-state index in [1.165, 1.54) is 0 Å². The minimum absolute atomic E-state index is 0. The molecule has 0 spiro atoms. The van der Waals surface area contributed by atoms with Gasteiger partial charge in [0.05, 0.1) is 0 Å². The Bertz CT molecular complexity index is 179. The van der Waals surface area contributed by atoms with E-state index >= 15 is 0 Å². The number of rotatable bonds is 5. The predicted octanol–water partition coefficient (Wildman–Crippen LogP) is -8.40. The van der Waals surface area contributed by atoms with Crippen molar-refractivity contribution in [3.8, 4) is 0 Å². The predicted molar refractivity (Wildman–Crippen MR) is 38.9 cm³/mol. The zero-order chi connectivity index (χ0) is 9.83. The Balaban J connectivity index is -0.000000605. The second kappa shape index (κ2) is 9.29. The Morgan fingerprint density at radius 1 is 1.07 bits per heavy atom. The van der Waals surface area contributed by atoms with Gasteiger partial charge in [0.1, 0.15) is 0 Å². The molecule has 3 N–H and O–H groups in total. The van der Waals surface area contributed by atoms with Crippen molar-refractivity contribution in [2.75, 3.05) is 6.16 Å². The zero-order valence-electron chi connectivity index (χ0n) is 8.34. The van der Waals surface area contributed by atoms with Gasteiger partial charge in [-0.15, -0.1) is 0 Å². The molecule has 0 atom stereocenters. The maximum absolute atomic E-state index is 10.1. The largest absolute Gasteiger partial charge is 1.00 e. The van der Waals surface area contributed by atoms with Crippen molar-refractivity contribution in [3.05, 3.63) is 0 Å². The summed E-state index contributed by atoms with van der Waals surface area (Å²) in [6.07, 6.45) is -0.317. The van der Waals surface area contributed by atoms with Gasteiger partial charge in [-0.3, -0.25) is 0 Å². The number of unbranched alkanes of at least 4 members (excludes halogenated alkanes) is 1. The molecule has 0 bridgehead atoms. The molecule has 0 fully saturated rings. The molecule has 0 rings (SSSR count). The first kappa shape index (κ1) is 21.5. The third-order valence-electron chi connectivity index (χ3n) is 1.19. The molecule has 0 aliphatic rings. The summed E-state index contributed by atoms with van der Waals surface area (Å²) in [5.41, 5.74) is 0. The van der Waals surface area contributed by atoms with E-state index in [0.717, 1.165) is 0 Å². The summed E-state index contributed by atoms with van der Waals surface area (Å²) in [4.78, 5) is 45.5. The van der Waals surface area contributed by atoms with Gasteiger partial charge in [-0.2, -0.15) is 0 Å². The van der Waals surface area contributed by atoms with E-state index in [2.05, 4.69) is 0 Å². The average Bonchev–Trinajstić information content (AvgIpc) is 1.76. The molecule has 0 aromatic rings. The van der Waals surface area contributed by atoms with Gasteiger partial charge in [-0.25, -0.2) is 0 Å². The van der Waals surface area contributed by atoms with Gasteiger partial charge >= 0.3 is 67.9 Å². The normalized spacial score (nSPS) is 11.5. The van der Waals surface area contributed by atoms with Gasteiger partial charge in [0.15, 0.2) is 0 Å². The summed E-state index contributed by atoms with van der Waals surface area (Å²) in [7, 11) is -8.52. The van der Waals surface area contributed by atoms with Gasteiger partial charge in [0, 0.05) is 6.04 Å². The van der Waals surface area contributed by atoms with Crippen LogP contribution in [0.15, 0.2) is 0 Å². The summed E-state index contributed by atoms with van der Waals surface area (Å²) in [5.74, 6) is 0. The molecule has 6 nitrogen and oxygen atoms in total. The van der Waals surface area contributed by atoms with E-state index < -0.39 is 22.6 Å². The van der Waals surface area contributed by atoms with E-state index in [-0.39, 0.29) is 78.0 Å². The van der Waals surface area contributed by atoms with Crippen LogP contribution in [-0.2, 0) is 4.57 Å². The smallest absolute Gasteiger partial charge is 0.811 e. The molecule has 0 radical (unpaired) electrons. The number of hydrogen-bond acceptors (Lipinski definition) is 6. The molecule has 0 aromatic heterocycles. The van der Waals surface area contributed by atoms with Crippen LogP contribution >= 0.6 is 7.60 Å². The molecule has 0 saturated heterocycles. The standard InChI is InChI=1S/C4H13O6PSi.2Na/c5-11(6,7)3-1-2-4-12(8,9)10;;/h8-10H,1-4H2,(H2,5,6,7);;/q;2*+1/p-2. The van der Waals surface area contributed by atoms with Gasteiger partial charge in [0.25, 0.3) is 0 Å². The third-order valence-corrected chi connectivity index (χ3v) is 3.08. The molecule has 14 heavy (non-hydrogen) atoms. The Hall–Kier alpha value is 2.25. The Labute approximate surface area is 128 Å². The van der Waals surface area contributed by atoms with Crippen LogP contribution in [0.3, 0.4) is 0 Å². The third kappa shape index (κ3) is 19.8. The van der Waals surface area contributed by atoms with Crippen molar-refractivity contribution < 1.29 is 87.9 Å². The molecule has 0 aromatic carbocycles. The fraction of sp³-hybridized carbons (Fsp3) is 1.00. The molecule has 0 aliphatic heterocycles. The zero-order valence-corrected chi connectivity index (χ0v) is 14.2. The van der Waals surface area contributed by atoms with E-state index in [1.54, 1.807) is 0 Å². The Morgan fingerprint density at radius 3 is 1.79 bits per heavy atom. The second-order valence-electron chi connectivity index (χ2n) is 2.57. The summed E-state index contributed by atoms with van der Waals surface area (Å²) in [5, 5.41) is 0. The number of hydrogen-bond donors (Lipinski definition) is 3. The monoisotopic (exact) mass is 260 g/mol. The van der Waals surface area contributed by atoms with Crippen LogP contribution in [0.4, 0.5) is 0 Å². The summed E-state index contributed by atoms with van der Waals surface area (Å²) in [6, 6.07) is -0.229. The van der Waals surface area contributed by atoms with E-state index in [4.69, 9.17) is 14.4 Å². The Morgan fingerprint density at radius 2 is 1.50 bits per heavy atom. The van der Waals surface area contributed by atoms with Gasteiger partial charge in [-0.05, 0) is 19.0 Å². The van der Waals surface area contributed by atoms with Crippen molar-refractivity contribution in [2.45, 2.75) is 18.9 Å². The van der Waals surface area contributed by atoms with Crippen molar-refractivity contribution in [3.63, 3.8) is 0 Å². The quantitative estimate of drug-likeness (QED) is 0.256. The Kier molecular flexibility index (Phi) is 14.3. The molecule has 0 heterocycles. The minimum Gasteiger partial charge on any atom is -0.811 e. The molecule has 0 amide bonds. The molecule has 0 saturated carbocycles. The molecule has 10 heteroatoms. The summed E-state index contributed by atoms with van der Waals surface area (Å²) >= 11 is 0. The molecular weight excluding hydrogens is 249 g/mol. The van der Waals surface area contributed by atoms with E-state index in [9.17, 15) is 14.4 Å². The maximum atomic E-state index is 10.1. The van der Waals surface area contributed by atoms with Gasteiger partial charge in [0.2, 0.25) is 0 Å². The molecule has 0 unspecified atom stereocenters. The van der Waals surface area contributed by atoms with Crippen LogP contribution in [-0.4, -0.2) is 29.4 Å². The van der Waals surface area contributed by atoms with Crippen molar-refractivity contribution in [1.82, 2.24) is 0 Å². The summed E-state index contributed by atoms with van der Waals surface area (Å²) < 4.78 is 10.1. The average molecular weight is 260 g/mol. The maximum Gasteiger partial charge on any atom is 1.00 e. The van der Waals surface area contributed by atoms with Crippen molar-refractivity contribution >= 4 is 16.4 Å². The summed E-state index contributed by atoms with van der Waals surface area (Å²) in [6.45, 7) is 0. The van der Waals surface area contributed by atoms with Crippen LogP contribution in [0.5, 0.6) is 0 Å². The molecular formula is C4H11Na2O6PSi. The minimum atomic E-state index is -4.48. The first-order valence-electron chi connectivity index (χ1n) is 3.39. The van der Waals surface area contributed by atoms with Crippen LogP contribution < -0.4 is 68.9 Å². The van der Waals surface area contributed by atoms with Crippen LogP contribution in [0.1, 0.15) is 12.8 Å². The topological polar surface area (TPSA) is 124 Å². The molecule has 0 aliphatic carbocycles. The van der Waals surface area contributed by atoms with Crippen LogP contribution in [0.2, 0.25) is 6.04 Å². The second-order valence-corrected chi connectivity index (χ2v) is 6.28. The SMILES string of the molecule is O=P([O-])([O-])CCCC[Si](O)(O)O.[Na+].[Na+]. The fourth-order valence-electron chi connectivity index (χ4n) is 0.668. The molecule has 74 valence electrons. The van der Waals surface area contributed by atoms with Gasteiger partial charge < -0.3 is 28.7 Å². The van der Waals surface area contributed by atoms with E-state index in [0.29, 0.717) is 0 Å². The first-order chi connectivity index (χ1) is 5.21. The van der Waals surface area contributed by atoms with Crippen LogP contribution in [0, 0.1) is 0 Å². The van der Waals surface area contributed by atoms with E-state index in [1.807, 2.05) is 0 Å². The first-order valence-corrected chi connectivity index (χ1v) is 7.16.